The van der Waals surface area contributed by atoms with Crippen molar-refractivity contribution >= 4 is 22.6 Å². The molecule has 0 fully saturated rings. The second-order valence-electron chi connectivity index (χ2n) is 7.81. The van der Waals surface area contributed by atoms with Crippen molar-refractivity contribution in [3.05, 3.63) is 53.7 Å². The first-order valence-corrected chi connectivity index (χ1v) is 10.2. The highest BCUT2D eigenvalue weighted by Crippen LogP contribution is 2.24. The SMILES string of the molecule is Cc1ccc2c(n1)CCN(CCn1ncc3c1nc(N)n1nc(-c4ccco4)nc31)C2. The van der Waals surface area contributed by atoms with E-state index in [4.69, 9.17) is 10.2 Å². The van der Waals surface area contributed by atoms with Gasteiger partial charge in [-0.15, -0.1) is 5.10 Å². The van der Waals surface area contributed by atoms with Gasteiger partial charge in [-0.1, -0.05) is 6.07 Å². The van der Waals surface area contributed by atoms with Crippen molar-refractivity contribution < 1.29 is 4.42 Å². The number of nitrogen functional groups attached to an aromatic ring is 1. The molecule has 156 valence electrons. The summed E-state index contributed by atoms with van der Waals surface area (Å²) in [6, 6.07) is 7.88. The van der Waals surface area contributed by atoms with Crippen LogP contribution >= 0.6 is 0 Å². The van der Waals surface area contributed by atoms with Crippen LogP contribution in [-0.4, -0.2) is 52.3 Å². The zero-order valence-electron chi connectivity index (χ0n) is 17.1. The third kappa shape index (κ3) is 3.03. The molecule has 6 rings (SSSR count). The number of furan rings is 1. The zero-order valence-corrected chi connectivity index (χ0v) is 17.1. The van der Waals surface area contributed by atoms with Crippen LogP contribution in [0, 0.1) is 6.92 Å². The van der Waals surface area contributed by atoms with Gasteiger partial charge in [0.05, 0.1) is 24.4 Å². The maximum absolute atomic E-state index is 6.18. The molecule has 0 aromatic carbocycles. The number of pyridine rings is 1. The minimum Gasteiger partial charge on any atom is -0.461 e. The summed E-state index contributed by atoms with van der Waals surface area (Å²) >= 11 is 0. The van der Waals surface area contributed by atoms with Crippen molar-refractivity contribution in [2.75, 3.05) is 18.8 Å². The van der Waals surface area contributed by atoms with Crippen LogP contribution in [0.2, 0.25) is 0 Å². The monoisotopic (exact) mass is 415 g/mol. The summed E-state index contributed by atoms with van der Waals surface area (Å²) < 4.78 is 8.83. The second-order valence-corrected chi connectivity index (χ2v) is 7.81. The maximum atomic E-state index is 6.18. The van der Waals surface area contributed by atoms with Gasteiger partial charge in [-0.25, -0.2) is 9.67 Å². The molecule has 10 heteroatoms. The van der Waals surface area contributed by atoms with E-state index >= 15 is 0 Å². The van der Waals surface area contributed by atoms with Gasteiger partial charge in [0, 0.05) is 37.4 Å². The highest BCUT2D eigenvalue weighted by molar-refractivity contribution is 5.90. The molecule has 5 aromatic heterocycles. The molecule has 0 radical (unpaired) electrons. The van der Waals surface area contributed by atoms with Crippen LogP contribution in [0.5, 0.6) is 0 Å². The van der Waals surface area contributed by atoms with Crippen molar-refractivity contribution in [2.24, 2.45) is 0 Å². The molecule has 5 aromatic rings. The number of anilines is 1. The molecule has 0 aliphatic carbocycles. The Morgan fingerprint density at radius 1 is 1.10 bits per heavy atom. The van der Waals surface area contributed by atoms with Crippen LogP contribution in [0.3, 0.4) is 0 Å². The number of fused-ring (bicyclic) bond motifs is 4. The molecule has 10 nitrogen and oxygen atoms in total. The van der Waals surface area contributed by atoms with E-state index in [1.165, 1.54) is 15.8 Å². The van der Waals surface area contributed by atoms with Gasteiger partial charge in [-0.3, -0.25) is 9.88 Å². The topological polar surface area (TPSA) is 116 Å². The Morgan fingerprint density at radius 2 is 2.03 bits per heavy atom. The van der Waals surface area contributed by atoms with E-state index in [0.717, 1.165) is 37.1 Å². The minimum absolute atomic E-state index is 0.267. The Bertz CT molecular complexity index is 1400. The van der Waals surface area contributed by atoms with Gasteiger partial charge in [0.15, 0.2) is 17.1 Å². The van der Waals surface area contributed by atoms with Gasteiger partial charge < -0.3 is 10.2 Å². The van der Waals surface area contributed by atoms with Crippen LogP contribution in [0.25, 0.3) is 28.3 Å². The molecule has 0 saturated heterocycles. The Labute approximate surface area is 177 Å². The summed E-state index contributed by atoms with van der Waals surface area (Å²) in [5.41, 5.74) is 11.1. The number of nitrogens with two attached hydrogens (primary N) is 1. The van der Waals surface area contributed by atoms with E-state index in [1.807, 2.05) is 17.7 Å². The largest absolute Gasteiger partial charge is 0.461 e. The molecule has 0 atom stereocenters. The first kappa shape index (κ1) is 18.0. The van der Waals surface area contributed by atoms with Crippen molar-refractivity contribution in [1.29, 1.82) is 0 Å². The average Bonchev–Trinajstić information content (AvgIpc) is 3.51. The fraction of sp³-hybridized carbons (Fsp3) is 0.286. The van der Waals surface area contributed by atoms with Gasteiger partial charge in [-0.05, 0) is 30.7 Å². The third-order valence-corrected chi connectivity index (χ3v) is 5.73. The van der Waals surface area contributed by atoms with E-state index in [1.54, 1.807) is 18.5 Å². The molecule has 6 heterocycles. The number of hydrogen-bond donors (Lipinski definition) is 1. The Kier molecular flexibility index (Phi) is 4.00. The van der Waals surface area contributed by atoms with Gasteiger partial charge in [0.25, 0.3) is 0 Å². The molecule has 2 N–H and O–H groups in total. The molecular weight excluding hydrogens is 394 g/mol. The van der Waals surface area contributed by atoms with E-state index in [9.17, 15) is 0 Å². The molecule has 0 amide bonds. The number of rotatable bonds is 4. The smallest absolute Gasteiger partial charge is 0.225 e. The molecule has 0 bridgehead atoms. The van der Waals surface area contributed by atoms with Crippen LogP contribution in [0.15, 0.2) is 41.1 Å². The van der Waals surface area contributed by atoms with Crippen molar-refractivity contribution in [1.82, 2.24) is 39.2 Å². The number of hydrogen-bond acceptors (Lipinski definition) is 8. The average molecular weight is 415 g/mol. The number of aryl methyl sites for hydroxylation is 1. The molecule has 0 spiro atoms. The Morgan fingerprint density at radius 3 is 2.90 bits per heavy atom. The zero-order chi connectivity index (χ0) is 20.9. The van der Waals surface area contributed by atoms with E-state index < -0.39 is 0 Å². The van der Waals surface area contributed by atoms with E-state index in [0.29, 0.717) is 29.4 Å². The predicted molar refractivity (Wildman–Crippen MR) is 114 cm³/mol. The predicted octanol–water partition coefficient (Wildman–Crippen LogP) is 2.08. The minimum atomic E-state index is 0.267. The number of nitrogens with zero attached hydrogens (tertiary/aromatic N) is 8. The quantitative estimate of drug-likeness (QED) is 0.474. The summed E-state index contributed by atoms with van der Waals surface area (Å²) in [6.07, 6.45) is 4.33. The van der Waals surface area contributed by atoms with Crippen molar-refractivity contribution in [3.63, 3.8) is 0 Å². The van der Waals surface area contributed by atoms with Gasteiger partial charge in [0.2, 0.25) is 11.8 Å². The van der Waals surface area contributed by atoms with Crippen LogP contribution in [0.1, 0.15) is 17.0 Å². The lowest BCUT2D eigenvalue weighted by atomic mass is 10.1. The lowest BCUT2D eigenvalue weighted by Crippen LogP contribution is -2.33. The molecular formula is C21H21N9O. The first-order chi connectivity index (χ1) is 15.2. The first-order valence-electron chi connectivity index (χ1n) is 10.2. The van der Waals surface area contributed by atoms with Gasteiger partial charge >= 0.3 is 0 Å². The van der Waals surface area contributed by atoms with Crippen molar-refractivity contribution in [3.8, 4) is 11.6 Å². The van der Waals surface area contributed by atoms with E-state index in [2.05, 4.69) is 42.2 Å². The second kappa shape index (κ2) is 6.88. The lowest BCUT2D eigenvalue weighted by Gasteiger charge is -2.28. The third-order valence-electron chi connectivity index (χ3n) is 5.73. The normalized spacial score (nSPS) is 14.5. The van der Waals surface area contributed by atoms with Crippen LogP contribution in [-0.2, 0) is 19.5 Å². The molecule has 31 heavy (non-hydrogen) atoms. The summed E-state index contributed by atoms with van der Waals surface area (Å²) in [7, 11) is 0. The fourth-order valence-electron chi connectivity index (χ4n) is 4.14. The Balaban J connectivity index is 1.27. The summed E-state index contributed by atoms with van der Waals surface area (Å²) in [5.74, 6) is 1.32. The van der Waals surface area contributed by atoms with Gasteiger partial charge in [0.1, 0.15) is 0 Å². The summed E-state index contributed by atoms with van der Waals surface area (Å²) in [6.45, 7) is 5.50. The molecule has 0 saturated carbocycles. The summed E-state index contributed by atoms with van der Waals surface area (Å²) in [4.78, 5) is 16.2. The van der Waals surface area contributed by atoms with Crippen molar-refractivity contribution in [2.45, 2.75) is 26.4 Å². The molecule has 1 aliphatic rings. The van der Waals surface area contributed by atoms with Gasteiger partial charge in [-0.2, -0.15) is 14.6 Å². The molecule has 1 aliphatic heterocycles. The number of aromatic nitrogens is 7. The van der Waals surface area contributed by atoms with E-state index in [-0.39, 0.29) is 5.95 Å². The summed E-state index contributed by atoms with van der Waals surface area (Å²) in [5, 5.41) is 9.80. The van der Waals surface area contributed by atoms with Crippen LogP contribution < -0.4 is 5.73 Å². The highest BCUT2D eigenvalue weighted by Gasteiger charge is 2.20. The maximum Gasteiger partial charge on any atom is 0.225 e. The fourth-order valence-corrected chi connectivity index (χ4v) is 4.14. The standard InChI is InChI=1S/C21H21N9O/c1-13-4-5-14-12-28(7-6-16(14)24-13)8-9-29-19-15(11-23-29)20-25-18(17-3-2-10-31-17)27-30(20)21(22)26-19/h2-5,10-11H,6-9,12H2,1H3,(H2,22,26). The Hall–Kier alpha value is -3.79. The van der Waals surface area contributed by atoms with Crippen LogP contribution in [0.4, 0.5) is 5.95 Å². The highest BCUT2D eigenvalue weighted by atomic mass is 16.3. The lowest BCUT2D eigenvalue weighted by molar-refractivity contribution is 0.239. The molecule has 0 unspecified atom stereocenters.